The Labute approximate surface area is 183 Å². The fourth-order valence-corrected chi connectivity index (χ4v) is 5.02. The summed E-state index contributed by atoms with van der Waals surface area (Å²) >= 11 is 0. The van der Waals surface area contributed by atoms with Gasteiger partial charge in [-0.2, -0.15) is 0 Å². The van der Waals surface area contributed by atoms with Crippen LogP contribution in [0.15, 0.2) is 29.3 Å². The van der Waals surface area contributed by atoms with Gasteiger partial charge >= 0.3 is 0 Å². The van der Waals surface area contributed by atoms with E-state index in [9.17, 15) is 9.18 Å². The van der Waals surface area contributed by atoms with E-state index in [1.807, 2.05) is 11.7 Å². The SMILES string of the molecule is CN(c1nc(-c2ccncc2F)cc(=O)n1C)[C@@H]1[C@@H]2CN(c3nnnn3CC3CC3)C[C@@H]21. The molecule has 3 fully saturated rings. The molecule has 0 spiro atoms. The van der Waals surface area contributed by atoms with Crippen molar-refractivity contribution >= 4 is 11.9 Å². The summed E-state index contributed by atoms with van der Waals surface area (Å²) in [7, 11) is 3.66. The molecule has 0 N–H and O–H groups in total. The van der Waals surface area contributed by atoms with Crippen molar-refractivity contribution < 1.29 is 4.39 Å². The van der Waals surface area contributed by atoms with Crippen LogP contribution in [-0.2, 0) is 13.6 Å². The predicted molar refractivity (Wildman–Crippen MR) is 115 cm³/mol. The molecule has 10 nitrogen and oxygen atoms in total. The van der Waals surface area contributed by atoms with Crippen molar-refractivity contribution in [1.29, 1.82) is 0 Å². The molecule has 1 saturated heterocycles. The van der Waals surface area contributed by atoms with Crippen molar-refractivity contribution in [2.75, 3.05) is 29.9 Å². The van der Waals surface area contributed by atoms with Gasteiger partial charge in [0.1, 0.15) is 0 Å². The summed E-state index contributed by atoms with van der Waals surface area (Å²) in [5.41, 5.74) is 0.373. The van der Waals surface area contributed by atoms with Gasteiger partial charge in [0.15, 0.2) is 5.82 Å². The van der Waals surface area contributed by atoms with Gasteiger partial charge in [0.2, 0.25) is 11.9 Å². The number of hydrogen-bond donors (Lipinski definition) is 0. The maximum Gasteiger partial charge on any atom is 0.255 e. The Morgan fingerprint density at radius 3 is 2.75 bits per heavy atom. The van der Waals surface area contributed by atoms with Crippen LogP contribution in [0, 0.1) is 23.6 Å². The van der Waals surface area contributed by atoms with Crippen molar-refractivity contribution in [2.24, 2.45) is 24.8 Å². The molecule has 0 radical (unpaired) electrons. The van der Waals surface area contributed by atoms with Crippen LogP contribution in [0.1, 0.15) is 12.8 Å². The van der Waals surface area contributed by atoms with E-state index in [0.717, 1.165) is 31.8 Å². The number of anilines is 2. The first-order chi connectivity index (χ1) is 15.5. The molecule has 0 aromatic carbocycles. The highest BCUT2D eigenvalue weighted by Crippen LogP contribution is 2.50. The molecule has 11 heteroatoms. The first-order valence-corrected chi connectivity index (χ1v) is 10.9. The van der Waals surface area contributed by atoms with Crippen LogP contribution in [-0.4, -0.2) is 60.9 Å². The standard InChI is InChI=1S/C21H24FN9O/c1-28-18(32)7-17(13-5-6-23-8-16(13)22)24-20(28)29(2)19-14-10-30(11-15(14)19)21-25-26-27-31(21)9-12-3-4-12/h5-8,12,14-15,19H,3-4,9-11H2,1-2H3/t14-,15+,19-. The van der Waals surface area contributed by atoms with Crippen LogP contribution in [0.3, 0.4) is 0 Å². The first kappa shape index (κ1) is 19.3. The third-order valence-corrected chi connectivity index (χ3v) is 7.00. The number of rotatable bonds is 6. The zero-order chi connectivity index (χ0) is 22.0. The van der Waals surface area contributed by atoms with Gasteiger partial charge in [-0.3, -0.25) is 14.3 Å². The van der Waals surface area contributed by atoms with Crippen LogP contribution in [0.5, 0.6) is 0 Å². The lowest BCUT2D eigenvalue weighted by Gasteiger charge is -2.26. The largest absolute Gasteiger partial charge is 0.342 e. The molecule has 4 heterocycles. The molecule has 1 aliphatic heterocycles. The lowest BCUT2D eigenvalue weighted by atomic mass is 10.2. The highest BCUT2D eigenvalue weighted by Gasteiger charge is 2.59. The molecule has 0 bridgehead atoms. The monoisotopic (exact) mass is 437 g/mol. The quantitative estimate of drug-likeness (QED) is 0.562. The van der Waals surface area contributed by atoms with Crippen LogP contribution >= 0.6 is 0 Å². The Balaban J connectivity index is 1.21. The van der Waals surface area contributed by atoms with Crippen molar-refractivity contribution in [3.8, 4) is 11.3 Å². The highest BCUT2D eigenvalue weighted by molar-refractivity contribution is 5.60. The van der Waals surface area contributed by atoms with E-state index in [-0.39, 0.29) is 17.2 Å². The molecule has 0 unspecified atom stereocenters. The van der Waals surface area contributed by atoms with Gasteiger partial charge in [0, 0.05) is 69.4 Å². The maximum atomic E-state index is 14.2. The van der Waals surface area contributed by atoms with Gasteiger partial charge in [-0.1, -0.05) is 5.10 Å². The van der Waals surface area contributed by atoms with Crippen LogP contribution < -0.4 is 15.4 Å². The summed E-state index contributed by atoms with van der Waals surface area (Å²) in [6.07, 6.45) is 5.14. The number of aromatic nitrogens is 7. The molecule has 32 heavy (non-hydrogen) atoms. The number of nitrogens with zero attached hydrogens (tertiary/aromatic N) is 9. The fraction of sp³-hybridized carbons (Fsp3) is 0.524. The first-order valence-electron chi connectivity index (χ1n) is 10.9. The minimum atomic E-state index is -0.496. The molecule has 0 amide bonds. The number of fused-ring (bicyclic) bond motifs is 1. The summed E-state index contributed by atoms with van der Waals surface area (Å²) < 4.78 is 17.7. The van der Waals surface area contributed by atoms with Crippen molar-refractivity contribution in [1.82, 2.24) is 34.7 Å². The third-order valence-electron chi connectivity index (χ3n) is 7.00. The Morgan fingerprint density at radius 2 is 2.03 bits per heavy atom. The molecule has 3 aromatic heterocycles. The van der Waals surface area contributed by atoms with E-state index in [4.69, 9.17) is 0 Å². The number of hydrogen-bond acceptors (Lipinski definition) is 8. The second kappa shape index (κ2) is 7.07. The summed E-state index contributed by atoms with van der Waals surface area (Å²) in [4.78, 5) is 25.4. The minimum absolute atomic E-state index is 0.222. The number of halogens is 1. The van der Waals surface area contributed by atoms with Gasteiger partial charge < -0.3 is 9.80 Å². The average Bonchev–Trinajstić information content (AvgIpc) is 3.61. The summed E-state index contributed by atoms with van der Waals surface area (Å²) in [5, 5.41) is 12.3. The topological polar surface area (TPSA) is 97.9 Å². The lowest BCUT2D eigenvalue weighted by Crippen LogP contribution is -2.37. The Bertz CT molecular complexity index is 1220. The second-order valence-electron chi connectivity index (χ2n) is 9.13. The molecule has 3 atom stereocenters. The Hall–Kier alpha value is -3.37. The zero-order valence-corrected chi connectivity index (χ0v) is 18.0. The fourth-order valence-electron chi connectivity index (χ4n) is 5.02. The normalized spacial score (nSPS) is 24.0. The Kier molecular flexibility index (Phi) is 4.27. The van der Waals surface area contributed by atoms with Gasteiger partial charge in [0.05, 0.1) is 11.9 Å². The molecule has 3 aliphatic rings. The highest BCUT2D eigenvalue weighted by atomic mass is 19.1. The van der Waals surface area contributed by atoms with Gasteiger partial charge in [-0.25, -0.2) is 14.1 Å². The van der Waals surface area contributed by atoms with Crippen LogP contribution in [0.2, 0.25) is 0 Å². The summed E-state index contributed by atoms with van der Waals surface area (Å²) in [6.45, 7) is 2.64. The number of pyridine rings is 1. The average molecular weight is 437 g/mol. The van der Waals surface area contributed by atoms with Gasteiger partial charge in [0.25, 0.3) is 5.56 Å². The van der Waals surface area contributed by atoms with Crippen molar-refractivity contribution in [3.05, 3.63) is 40.7 Å². The van der Waals surface area contributed by atoms with E-state index in [0.29, 0.717) is 29.4 Å². The van der Waals surface area contributed by atoms with Gasteiger partial charge in [-0.15, -0.1) is 0 Å². The molecule has 6 rings (SSSR count). The van der Waals surface area contributed by atoms with E-state index in [1.165, 1.54) is 35.7 Å². The van der Waals surface area contributed by atoms with Crippen LogP contribution in [0.25, 0.3) is 11.3 Å². The molecular weight excluding hydrogens is 413 g/mol. The Morgan fingerprint density at radius 1 is 1.25 bits per heavy atom. The molecule has 3 aromatic rings. The second-order valence-corrected chi connectivity index (χ2v) is 9.13. The lowest BCUT2D eigenvalue weighted by molar-refractivity contribution is 0.536. The zero-order valence-electron chi connectivity index (χ0n) is 18.0. The van der Waals surface area contributed by atoms with E-state index < -0.39 is 5.82 Å². The molecule has 2 aliphatic carbocycles. The van der Waals surface area contributed by atoms with E-state index in [2.05, 4.69) is 35.3 Å². The number of tetrazole rings is 1. The third kappa shape index (κ3) is 3.14. The number of piperidine rings is 1. The predicted octanol–water partition coefficient (Wildman–Crippen LogP) is 0.949. The van der Waals surface area contributed by atoms with Crippen LogP contribution in [0.4, 0.5) is 16.3 Å². The smallest absolute Gasteiger partial charge is 0.255 e. The molecule has 2 saturated carbocycles. The summed E-state index contributed by atoms with van der Waals surface area (Å²) in [5.74, 6) is 2.50. The van der Waals surface area contributed by atoms with Gasteiger partial charge in [-0.05, 0) is 35.3 Å². The van der Waals surface area contributed by atoms with Crippen molar-refractivity contribution in [3.63, 3.8) is 0 Å². The summed E-state index contributed by atoms with van der Waals surface area (Å²) in [6, 6.07) is 3.18. The van der Waals surface area contributed by atoms with E-state index in [1.54, 1.807) is 7.05 Å². The minimum Gasteiger partial charge on any atom is -0.342 e. The van der Waals surface area contributed by atoms with E-state index >= 15 is 0 Å². The molecule has 166 valence electrons. The molecular formula is C21H24FN9O. The maximum absolute atomic E-state index is 14.2. The van der Waals surface area contributed by atoms with Crippen molar-refractivity contribution in [2.45, 2.75) is 25.4 Å².